The van der Waals surface area contributed by atoms with Crippen molar-refractivity contribution in [2.24, 2.45) is 0 Å². The van der Waals surface area contributed by atoms with Gasteiger partial charge in [0.2, 0.25) is 5.78 Å². The Bertz CT molecular complexity index is 561. The number of rotatable bonds is 10. The van der Waals surface area contributed by atoms with E-state index in [1.807, 2.05) is 12.1 Å². The summed E-state index contributed by atoms with van der Waals surface area (Å²) in [6.45, 7) is 4.40. The van der Waals surface area contributed by atoms with Crippen LogP contribution in [0, 0.1) is 11.8 Å². The van der Waals surface area contributed by atoms with Gasteiger partial charge in [0.1, 0.15) is 0 Å². The van der Waals surface area contributed by atoms with E-state index >= 15 is 0 Å². The van der Waals surface area contributed by atoms with Crippen molar-refractivity contribution in [2.45, 2.75) is 65.2 Å². The summed E-state index contributed by atoms with van der Waals surface area (Å²) in [7, 11) is 0. The maximum atomic E-state index is 12.0. The molecule has 1 rings (SSSR count). The van der Waals surface area contributed by atoms with Crippen molar-refractivity contribution < 1.29 is 14.3 Å². The number of ketones is 1. The second-order valence-electron chi connectivity index (χ2n) is 5.80. The molecule has 0 spiro atoms. The number of esters is 1. The highest BCUT2D eigenvalue weighted by molar-refractivity contribution is 6.08. The predicted octanol–water partition coefficient (Wildman–Crippen LogP) is 4.73. The second-order valence-corrected chi connectivity index (χ2v) is 5.80. The van der Waals surface area contributed by atoms with E-state index in [-0.39, 0.29) is 11.8 Å². The second kappa shape index (κ2) is 12.4. The van der Waals surface area contributed by atoms with Gasteiger partial charge in [-0.15, -0.1) is 0 Å². The molecule has 0 radical (unpaired) electrons. The van der Waals surface area contributed by atoms with Crippen molar-refractivity contribution in [1.82, 2.24) is 0 Å². The molecule has 0 unspecified atom stereocenters. The predicted molar refractivity (Wildman–Crippen MR) is 96.9 cm³/mol. The maximum Gasteiger partial charge on any atom is 0.306 e. The minimum atomic E-state index is -0.192. The van der Waals surface area contributed by atoms with E-state index in [2.05, 4.69) is 18.8 Å². The summed E-state index contributed by atoms with van der Waals surface area (Å²) in [5, 5.41) is 0. The average molecular weight is 328 g/mol. The van der Waals surface area contributed by atoms with E-state index in [4.69, 9.17) is 4.74 Å². The van der Waals surface area contributed by atoms with Crippen LogP contribution in [-0.2, 0) is 16.0 Å². The van der Waals surface area contributed by atoms with Gasteiger partial charge in [-0.05, 0) is 31.2 Å². The molecule has 0 N–H and O–H groups in total. The number of unbranched alkanes of at least 4 members (excludes halogenated alkanes) is 5. The highest BCUT2D eigenvalue weighted by Gasteiger charge is 2.05. The first-order valence-electron chi connectivity index (χ1n) is 8.95. The molecule has 0 heterocycles. The molecule has 0 saturated carbocycles. The van der Waals surface area contributed by atoms with Gasteiger partial charge in [0, 0.05) is 18.4 Å². The van der Waals surface area contributed by atoms with Crippen molar-refractivity contribution in [2.75, 3.05) is 6.61 Å². The molecule has 0 aliphatic rings. The standard InChI is InChI=1S/C21H28O3/c1-3-5-6-7-8-9-10-11-20(22)19-15-12-18(13-16-19)14-17-21(23)24-4-2/h12-13,15-16H,3-9,14,17H2,1-2H3. The third kappa shape index (κ3) is 8.53. The molecule has 0 bridgehead atoms. The SMILES string of the molecule is CCCCCCCC#CC(=O)c1ccc(CCC(=O)OCC)cc1. The lowest BCUT2D eigenvalue weighted by Gasteiger charge is -2.02. The third-order valence-corrected chi connectivity index (χ3v) is 3.75. The molecule has 0 atom stereocenters. The highest BCUT2D eigenvalue weighted by Crippen LogP contribution is 2.08. The number of aryl methyl sites for hydroxylation is 1. The maximum absolute atomic E-state index is 12.0. The van der Waals surface area contributed by atoms with E-state index in [9.17, 15) is 9.59 Å². The Labute approximate surface area is 145 Å². The Kier molecular flexibility index (Phi) is 10.3. The van der Waals surface area contributed by atoms with Gasteiger partial charge in [-0.3, -0.25) is 9.59 Å². The zero-order chi connectivity index (χ0) is 17.6. The fraction of sp³-hybridized carbons (Fsp3) is 0.524. The number of ether oxygens (including phenoxy) is 1. The molecule has 0 aliphatic heterocycles. The molecule has 1 aromatic rings. The van der Waals surface area contributed by atoms with Crippen LogP contribution in [0.4, 0.5) is 0 Å². The Morgan fingerprint density at radius 3 is 2.38 bits per heavy atom. The van der Waals surface area contributed by atoms with Gasteiger partial charge in [0.15, 0.2) is 0 Å². The first kappa shape index (κ1) is 20.0. The van der Waals surface area contributed by atoms with E-state index in [1.165, 1.54) is 25.7 Å². The van der Waals surface area contributed by atoms with Crippen molar-refractivity contribution in [1.29, 1.82) is 0 Å². The Morgan fingerprint density at radius 1 is 1.00 bits per heavy atom. The van der Waals surface area contributed by atoms with Gasteiger partial charge < -0.3 is 4.74 Å². The molecule has 0 amide bonds. The van der Waals surface area contributed by atoms with Crippen molar-refractivity contribution in [3.63, 3.8) is 0 Å². The van der Waals surface area contributed by atoms with Gasteiger partial charge in [0.05, 0.1) is 6.61 Å². The summed E-state index contributed by atoms with van der Waals surface area (Å²) in [5.74, 6) is 5.35. The van der Waals surface area contributed by atoms with Crippen LogP contribution in [0.15, 0.2) is 24.3 Å². The van der Waals surface area contributed by atoms with Crippen LogP contribution < -0.4 is 0 Å². The first-order chi connectivity index (χ1) is 11.7. The first-order valence-corrected chi connectivity index (χ1v) is 8.95. The van der Waals surface area contributed by atoms with E-state index in [0.717, 1.165) is 18.4 Å². The molecule has 1 aromatic carbocycles. The number of benzene rings is 1. The van der Waals surface area contributed by atoms with E-state index in [1.54, 1.807) is 19.1 Å². The molecule has 3 heteroatoms. The number of hydrogen-bond acceptors (Lipinski definition) is 3. The van der Waals surface area contributed by atoms with Gasteiger partial charge in [0.25, 0.3) is 0 Å². The van der Waals surface area contributed by atoms with E-state index < -0.39 is 0 Å². The van der Waals surface area contributed by atoms with Gasteiger partial charge in [-0.2, -0.15) is 0 Å². The summed E-state index contributed by atoms with van der Waals surface area (Å²) in [6, 6.07) is 7.30. The largest absolute Gasteiger partial charge is 0.466 e. The molecular formula is C21H28O3. The summed E-state index contributed by atoms with van der Waals surface area (Å²) >= 11 is 0. The molecule has 130 valence electrons. The van der Waals surface area contributed by atoms with Crippen LogP contribution in [0.25, 0.3) is 0 Å². The fourth-order valence-corrected chi connectivity index (χ4v) is 2.33. The summed E-state index contributed by atoms with van der Waals surface area (Å²) < 4.78 is 4.90. The van der Waals surface area contributed by atoms with Crippen LogP contribution in [0.5, 0.6) is 0 Å². The van der Waals surface area contributed by atoms with E-state index in [0.29, 0.717) is 25.0 Å². The fourth-order valence-electron chi connectivity index (χ4n) is 2.33. The minimum absolute atomic E-state index is 0.138. The zero-order valence-corrected chi connectivity index (χ0v) is 14.9. The van der Waals surface area contributed by atoms with Gasteiger partial charge in [-0.1, -0.05) is 62.8 Å². The topological polar surface area (TPSA) is 43.4 Å². The Morgan fingerprint density at radius 2 is 1.71 bits per heavy atom. The summed E-state index contributed by atoms with van der Waals surface area (Å²) in [4.78, 5) is 23.3. The highest BCUT2D eigenvalue weighted by atomic mass is 16.5. The molecule has 0 saturated heterocycles. The Hall–Kier alpha value is -2.08. The average Bonchev–Trinajstić information content (AvgIpc) is 2.59. The van der Waals surface area contributed by atoms with Crippen LogP contribution in [-0.4, -0.2) is 18.4 Å². The summed E-state index contributed by atoms with van der Waals surface area (Å²) in [5.41, 5.74) is 1.62. The number of carbonyl (C=O) groups excluding carboxylic acids is 2. The van der Waals surface area contributed by atoms with Crippen LogP contribution in [0.1, 0.15) is 74.7 Å². The van der Waals surface area contributed by atoms with Crippen LogP contribution >= 0.6 is 0 Å². The lowest BCUT2D eigenvalue weighted by Crippen LogP contribution is -2.05. The van der Waals surface area contributed by atoms with Gasteiger partial charge in [-0.25, -0.2) is 0 Å². The molecule has 0 aromatic heterocycles. The van der Waals surface area contributed by atoms with Gasteiger partial charge >= 0.3 is 5.97 Å². The summed E-state index contributed by atoms with van der Waals surface area (Å²) in [6.07, 6.45) is 7.77. The quantitative estimate of drug-likeness (QED) is 0.205. The molecular weight excluding hydrogens is 300 g/mol. The van der Waals surface area contributed by atoms with Crippen molar-refractivity contribution >= 4 is 11.8 Å². The van der Waals surface area contributed by atoms with Crippen molar-refractivity contribution in [3.8, 4) is 11.8 Å². The molecule has 0 aliphatic carbocycles. The molecule has 24 heavy (non-hydrogen) atoms. The zero-order valence-electron chi connectivity index (χ0n) is 14.9. The van der Waals surface area contributed by atoms with Crippen LogP contribution in [0.3, 0.4) is 0 Å². The lowest BCUT2D eigenvalue weighted by atomic mass is 10.0. The minimum Gasteiger partial charge on any atom is -0.466 e. The number of hydrogen-bond donors (Lipinski definition) is 0. The normalized spacial score (nSPS) is 9.92. The molecule has 0 fully saturated rings. The van der Waals surface area contributed by atoms with Crippen molar-refractivity contribution in [3.05, 3.63) is 35.4 Å². The lowest BCUT2D eigenvalue weighted by molar-refractivity contribution is -0.143. The Balaban J connectivity index is 2.37. The third-order valence-electron chi connectivity index (χ3n) is 3.75. The monoisotopic (exact) mass is 328 g/mol. The molecule has 3 nitrogen and oxygen atoms in total. The smallest absolute Gasteiger partial charge is 0.306 e. The number of Topliss-reactive ketones (excluding diaryl/α,β-unsaturated/α-hetero) is 1. The van der Waals surface area contributed by atoms with Crippen LogP contribution in [0.2, 0.25) is 0 Å². The number of carbonyl (C=O) groups is 2.